The summed E-state index contributed by atoms with van der Waals surface area (Å²) in [5.74, 6) is 5.92. The second kappa shape index (κ2) is 4.83. The molecule has 0 aromatic carbocycles. The maximum Gasteiger partial charge on any atom is 0.239 e. The number of nitrogens with one attached hydrogen (secondary N) is 1. The zero-order chi connectivity index (χ0) is 12.4. The van der Waals surface area contributed by atoms with Crippen LogP contribution in [0.15, 0.2) is 6.20 Å². The number of nitrogen functional groups attached to an aromatic ring is 1. The molecule has 1 fully saturated rings. The van der Waals surface area contributed by atoms with Gasteiger partial charge in [-0.25, -0.2) is 15.2 Å². The summed E-state index contributed by atoms with van der Waals surface area (Å²) in [5, 5.41) is 0. The molecule has 1 unspecified atom stereocenters. The Bertz CT molecular complexity index is 395. The lowest BCUT2D eigenvalue weighted by Gasteiger charge is -2.28. The summed E-state index contributed by atoms with van der Waals surface area (Å²) in [5.41, 5.74) is 2.35. The predicted molar refractivity (Wildman–Crippen MR) is 65.0 cm³/mol. The molecule has 1 saturated heterocycles. The largest absolute Gasteiger partial charge is 0.351 e. The van der Waals surface area contributed by atoms with E-state index in [-0.39, 0.29) is 5.95 Å². The van der Waals surface area contributed by atoms with Crippen LogP contribution in [0.25, 0.3) is 0 Å². The van der Waals surface area contributed by atoms with Crippen molar-refractivity contribution in [3.63, 3.8) is 0 Å². The fraction of sp³-hybridized carbons (Fsp3) is 0.636. The van der Waals surface area contributed by atoms with Gasteiger partial charge in [-0.15, -0.1) is 0 Å². The molecule has 1 aromatic rings. The van der Waals surface area contributed by atoms with Crippen LogP contribution < -0.4 is 16.2 Å². The molecule has 0 aliphatic carbocycles. The molecule has 1 aromatic heterocycles. The first-order valence-electron chi connectivity index (χ1n) is 5.89. The van der Waals surface area contributed by atoms with Crippen molar-refractivity contribution in [2.75, 3.05) is 16.9 Å². The van der Waals surface area contributed by atoms with E-state index in [4.69, 9.17) is 5.84 Å². The number of hydrogen-bond acceptors (Lipinski definition) is 5. The van der Waals surface area contributed by atoms with Gasteiger partial charge in [0.25, 0.3) is 0 Å². The second-order valence-corrected chi connectivity index (χ2v) is 4.66. The Kier molecular flexibility index (Phi) is 3.42. The Balaban J connectivity index is 2.32. The maximum atomic E-state index is 13.8. The maximum absolute atomic E-state index is 13.8. The Morgan fingerprint density at radius 3 is 3.00 bits per heavy atom. The average Bonchev–Trinajstić information content (AvgIpc) is 2.78. The molecule has 0 radical (unpaired) electrons. The van der Waals surface area contributed by atoms with Crippen LogP contribution in [0.4, 0.5) is 16.2 Å². The molecule has 17 heavy (non-hydrogen) atoms. The van der Waals surface area contributed by atoms with Crippen molar-refractivity contribution in [1.82, 2.24) is 9.97 Å². The lowest BCUT2D eigenvalue weighted by atomic mass is 10.0. The highest BCUT2D eigenvalue weighted by molar-refractivity contribution is 5.45. The van der Waals surface area contributed by atoms with Gasteiger partial charge in [0, 0.05) is 12.6 Å². The highest BCUT2D eigenvalue weighted by atomic mass is 19.1. The monoisotopic (exact) mass is 239 g/mol. The summed E-state index contributed by atoms with van der Waals surface area (Å²) < 4.78 is 13.8. The number of aromatic nitrogens is 2. The number of hydrogen-bond donors (Lipinski definition) is 2. The first-order valence-corrected chi connectivity index (χ1v) is 5.89. The lowest BCUT2D eigenvalue weighted by Crippen LogP contribution is -2.35. The molecule has 0 spiro atoms. The van der Waals surface area contributed by atoms with E-state index in [0.717, 1.165) is 25.6 Å². The van der Waals surface area contributed by atoms with Crippen molar-refractivity contribution < 1.29 is 4.39 Å². The van der Waals surface area contributed by atoms with Gasteiger partial charge in [0.05, 0.1) is 6.20 Å². The van der Waals surface area contributed by atoms with E-state index in [1.54, 1.807) is 0 Å². The van der Waals surface area contributed by atoms with Crippen LogP contribution in [-0.4, -0.2) is 22.6 Å². The third kappa shape index (κ3) is 2.31. The Labute approximate surface area is 100 Å². The van der Waals surface area contributed by atoms with Gasteiger partial charge in [-0.3, -0.25) is 5.43 Å². The summed E-state index contributed by atoms with van der Waals surface area (Å²) in [7, 11) is 0. The van der Waals surface area contributed by atoms with Gasteiger partial charge in [-0.05, 0) is 18.8 Å². The lowest BCUT2D eigenvalue weighted by molar-refractivity contribution is 0.482. The van der Waals surface area contributed by atoms with Gasteiger partial charge in [-0.2, -0.15) is 4.98 Å². The van der Waals surface area contributed by atoms with Crippen LogP contribution >= 0.6 is 0 Å². The molecular formula is C11H18FN5. The molecule has 2 heterocycles. The molecule has 3 N–H and O–H groups in total. The average molecular weight is 239 g/mol. The van der Waals surface area contributed by atoms with E-state index >= 15 is 0 Å². The molecule has 1 aliphatic heterocycles. The van der Waals surface area contributed by atoms with Crippen molar-refractivity contribution in [3.8, 4) is 0 Å². The van der Waals surface area contributed by atoms with Crippen molar-refractivity contribution in [2.45, 2.75) is 32.7 Å². The molecule has 0 bridgehead atoms. The van der Waals surface area contributed by atoms with E-state index in [0.29, 0.717) is 17.8 Å². The number of hydrazine groups is 1. The highest BCUT2D eigenvalue weighted by Gasteiger charge is 2.30. The predicted octanol–water partition coefficient (Wildman–Crippen LogP) is 1.53. The molecule has 1 atom stereocenters. The van der Waals surface area contributed by atoms with Crippen LogP contribution in [0, 0.1) is 11.7 Å². The summed E-state index contributed by atoms with van der Waals surface area (Å²) in [4.78, 5) is 9.88. The summed E-state index contributed by atoms with van der Waals surface area (Å²) in [6.45, 7) is 5.12. The van der Waals surface area contributed by atoms with Crippen LogP contribution in [0.2, 0.25) is 0 Å². The summed E-state index contributed by atoms with van der Waals surface area (Å²) in [6, 6.07) is 0.338. The Hall–Kier alpha value is -1.43. The summed E-state index contributed by atoms with van der Waals surface area (Å²) >= 11 is 0. The van der Waals surface area contributed by atoms with Crippen molar-refractivity contribution >= 4 is 11.8 Å². The van der Waals surface area contributed by atoms with Gasteiger partial charge in [0.15, 0.2) is 11.6 Å². The fourth-order valence-electron chi connectivity index (χ4n) is 2.38. The topological polar surface area (TPSA) is 67.1 Å². The Morgan fingerprint density at radius 1 is 1.59 bits per heavy atom. The van der Waals surface area contributed by atoms with Crippen molar-refractivity contribution in [3.05, 3.63) is 12.0 Å². The molecule has 5 nitrogen and oxygen atoms in total. The highest BCUT2D eigenvalue weighted by Crippen LogP contribution is 2.30. The third-order valence-electron chi connectivity index (χ3n) is 3.20. The number of halogens is 1. The first-order chi connectivity index (χ1) is 8.13. The molecule has 94 valence electrons. The molecule has 6 heteroatoms. The standard InChI is InChI=1S/C11H18FN5/c1-7(2)9-4-3-5-17(9)10-8(12)6-14-11(15-10)16-13/h6-7,9H,3-5,13H2,1-2H3,(H,14,15,16). The quantitative estimate of drug-likeness (QED) is 0.618. The smallest absolute Gasteiger partial charge is 0.239 e. The number of nitrogens with zero attached hydrogens (tertiary/aromatic N) is 3. The molecule has 0 amide bonds. The summed E-state index contributed by atoms with van der Waals surface area (Å²) in [6.07, 6.45) is 3.30. The number of rotatable bonds is 3. The third-order valence-corrected chi connectivity index (χ3v) is 3.20. The van der Waals surface area contributed by atoms with Gasteiger partial charge in [0.2, 0.25) is 5.95 Å². The van der Waals surface area contributed by atoms with Crippen molar-refractivity contribution in [1.29, 1.82) is 0 Å². The minimum absolute atomic E-state index is 0.246. The van der Waals surface area contributed by atoms with Crippen molar-refractivity contribution in [2.24, 2.45) is 11.8 Å². The van der Waals surface area contributed by atoms with E-state index in [1.807, 2.05) is 4.90 Å². The van der Waals surface area contributed by atoms with E-state index in [2.05, 4.69) is 29.2 Å². The van der Waals surface area contributed by atoms with Crippen LogP contribution in [-0.2, 0) is 0 Å². The van der Waals surface area contributed by atoms with Gasteiger partial charge in [0.1, 0.15) is 0 Å². The van der Waals surface area contributed by atoms with Crippen LogP contribution in [0.5, 0.6) is 0 Å². The molecular weight excluding hydrogens is 221 g/mol. The SMILES string of the molecule is CC(C)C1CCCN1c1nc(NN)ncc1F. The zero-order valence-corrected chi connectivity index (χ0v) is 10.2. The van der Waals surface area contributed by atoms with E-state index < -0.39 is 5.82 Å². The molecule has 0 saturated carbocycles. The number of nitrogens with two attached hydrogens (primary N) is 1. The van der Waals surface area contributed by atoms with Gasteiger partial charge in [-0.1, -0.05) is 13.8 Å². The Morgan fingerprint density at radius 2 is 2.35 bits per heavy atom. The van der Waals surface area contributed by atoms with Gasteiger partial charge < -0.3 is 4.90 Å². The van der Waals surface area contributed by atoms with E-state index in [1.165, 1.54) is 0 Å². The van der Waals surface area contributed by atoms with E-state index in [9.17, 15) is 4.39 Å². The molecule has 1 aliphatic rings. The first kappa shape index (κ1) is 12.0. The minimum atomic E-state index is -0.392. The number of anilines is 2. The van der Waals surface area contributed by atoms with Crippen LogP contribution in [0.1, 0.15) is 26.7 Å². The second-order valence-electron chi connectivity index (χ2n) is 4.66. The van der Waals surface area contributed by atoms with Gasteiger partial charge >= 0.3 is 0 Å². The van der Waals surface area contributed by atoms with Crippen LogP contribution in [0.3, 0.4) is 0 Å². The normalized spacial score (nSPS) is 20.1. The fourth-order valence-corrected chi connectivity index (χ4v) is 2.38. The zero-order valence-electron chi connectivity index (χ0n) is 10.2. The molecule has 2 rings (SSSR count). The minimum Gasteiger partial charge on any atom is -0.351 e.